The number of hydrogen-bond acceptors (Lipinski definition) is 4. The minimum Gasteiger partial charge on any atom is -0.258 e. The van der Waals surface area contributed by atoms with Gasteiger partial charge in [0.15, 0.2) is 0 Å². The Labute approximate surface area is 121 Å². The van der Waals surface area contributed by atoms with Crippen LogP contribution in [0.1, 0.15) is 5.56 Å². The Bertz CT molecular complexity index is 873. The van der Waals surface area contributed by atoms with E-state index in [0.29, 0.717) is 0 Å². The molecular formula is C13H7F3N4O2. The fourth-order valence-corrected chi connectivity index (χ4v) is 2.08. The van der Waals surface area contributed by atoms with E-state index >= 15 is 0 Å². The molecule has 0 fully saturated rings. The van der Waals surface area contributed by atoms with Crippen LogP contribution in [-0.2, 0) is 6.18 Å². The highest BCUT2D eigenvalue weighted by molar-refractivity contribution is 5.67. The van der Waals surface area contributed by atoms with Gasteiger partial charge in [0.25, 0.3) is 0 Å². The fraction of sp³-hybridized carbons (Fsp3) is 0.0769. The maximum atomic E-state index is 12.8. The number of alkyl halides is 3. The molecule has 9 heteroatoms. The largest absolute Gasteiger partial charge is 0.416 e. The molecule has 0 atom stereocenters. The highest BCUT2D eigenvalue weighted by Crippen LogP contribution is 2.32. The number of fused-ring (bicyclic) bond motifs is 1. The van der Waals surface area contributed by atoms with E-state index in [1.165, 1.54) is 24.4 Å². The Morgan fingerprint density at radius 2 is 2.00 bits per heavy atom. The van der Waals surface area contributed by atoms with Crippen molar-refractivity contribution in [1.82, 2.24) is 14.6 Å². The topological polar surface area (TPSA) is 73.3 Å². The van der Waals surface area contributed by atoms with Gasteiger partial charge in [-0.25, -0.2) is 9.50 Å². The Kier molecular flexibility index (Phi) is 3.05. The molecule has 0 aliphatic carbocycles. The van der Waals surface area contributed by atoms with E-state index in [9.17, 15) is 23.3 Å². The standard InChI is InChI=1S/C13H7F3N4O2/c14-13(15,16)9-3-1-2-8(6-9)10-4-5-17-12-11(20(21)22)7-18-19(10)12/h1-7H. The van der Waals surface area contributed by atoms with Crippen LogP contribution in [0, 0.1) is 10.1 Å². The first-order chi connectivity index (χ1) is 10.4. The second-order valence-electron chi connectivity index (χ2n) is 4.43. The number of rotatable bonds is 2. The monoisotopic (exact) mass is 308 g/mol. The molecule has 0 spiro atoms. The van der Waals surface area contributed by atoms with E-state index in [4.69, 9.17) is 0 Å². The number of halogens is 3. The van der Waals surface area contributed by atoms with Gasteiger partial charge in [-0.05, 0) is 18.2 Å². The lowest BCUT2D eigenvalue weighted by atomic mass is 10.1. The van der Waals surface area contributed by atoms with E-state index in [0.717, 1.165) is 22.8 Å². The molecule has 0 unspecified atom stereocenters. The molecule has 2 heterocycles. The van der Waals surface area contributed by atoms with Crippen molar-refractivity contribution in [2.45, 2.75) is 6.18 Å². The summed E-state index contributed by atoms with van der Waals surface area (Å²) in [5.41, 5.74) is -0.630. The fourth-order valence-electron chi connectivity index (χ4n) is 2.08. The number of nitro groups is 1. The van der Waals surface area contributed by atoms with E-state index in [1.807, 2.05) is 0 Å². The molecule has 0 saturated carbocycles. The molecule has 0 N–H and O–H groups in total. The summed E-state index contributed by atoms with van der Waals surface area (Å²) in [6.07, 6.45) is -2.17. The minimum atomic E-state index is -4.47. The number of nitrogens with zero attached hydrogens (tertiary/aromatic N) is 4. The van der Waals surface area contributed by atoms with Crippen molar-refractivity contribution < 1.29 is 18.1 Å². The van der Waals surface area contributed by atoms with Crippen LogP contribution in [0.3, 0.4) is 0 Å². The molecule has 1 aromatic carbocycles. The van der Waals surface area contributed by atoms with Gasteiger partial charge in [-0.2, -0.15) is 18.3 Å². The molecule has 2 aromatic heterocycles. The summed E-state index contributed by atoms with van der Waals surface area (Å²) < 4.78 is 39.5. The summed E-state index contributed by atoms with van der Waals surface area (Å²) in [4.78, 5) is 14.1. The Balaban J connectivity index is 2.21. The average Bonchev–Trinajstić information content (AvgIpc) is 2.90. The zero-order valence-electron chi connectivity index (χ0n) is 10.8. The van der Waals surface area contributed by atoms with Crippen molar-refractivity contribution in [3.63, 3.8) is 0 Å². The zero-order valence-corrected chi connectivity index (χ0v) is 10.8. The van der Waals surface area contributed by atoms with Gasteiger partial charge in [0, 0.05) is 11.8 Å². The maximum absolute atomic E-state index is 12.8. The lowest BCUT2D eigenvalue weighted by molar-refractivity contribution is -0.383. The Morgan fingerprint density at radius 3 is 2.68 bits per heavy atom. The molecule has 0 saturated heterocycles. The van der Waals surface area contributed by atoms with E-state index in [2.05, 4.69) is 10.1 Å². The quantitative estimate of drug-likeness (QED) is 0.537. The predicted molar refractivity (Wildman–Crippen MR) is 70.1 cm³/mol. The highest BCUT2D eigenvalue weighted by atomic mass is 19.4. The van der Waals surface area contributed by atoms with E-state index in [-0.39, 0.29) is 22.6 Å². The number of hydrogen-bond donors (Lipinski definition) is 0. The van der Waals surface area contributed by atoms with Gasteiger partial charge >= 0.3 is 11.9 Å². The van der Waals surface area contributed by atoms with Gasteiger partial charge in [0.1, 0.15) is 6.20 Å². The summed E-state index contributed by atoms with van der Waals surface area (Å²) in [6, 6.07) is 6.09. The summed E-state index contributed by atoms with van der Waals surface area (Å²) >= 11 is 0. The summed E-state index contributed by atoms with van der Waals surface area (Å²) in [6.45, 7) is 0. The van der Waals surface area contributed by atoms with Gasteiger partial charge in [-0.3, -0.25) is 10.1 Å². The molecule has 22 heavy (non-hydrogen) atoms. The third kappa shape index (κ3) is 2.26. The second-order valence-corrected chi connectivity index (χ2v) is 4.43. The summed E-state index contributed by atoms with van der Waals surface area (Å²) in [5, 5.41) is 14.7. The lowest BCUT2D eigenvalue weighted by Gasteiger charge is -2.09. The molecule has 0 bridgehead atoms. The lowest BCUT2D eigenvalue weighted by Crippen LogP contribution is -2.05. The molecule has 0 aliphatic heterocycles. The van der Waals surface area contributed by atoms with Gasteiger partial charge < -0.3 is 0 Å². The normalized spacial score (nSPS) is 11.8. The number of benzene rings is 1. The SMILES string of the molecule is O=[N+]([O-])c1cnn2c(-c3cccc(C(F)(F)F)c3)ccnc12. The smallest absolute Gasteiger partial charge is 0.258 e. The van der Waals surface area contributed by atoms with Crippen LogP contribution in [0.15, 0.2) is 42.7 Å². The predicted octanol–water partition coefficient (Wildman–Crippen LogP) is 3.32. The van der Waals surface area contributed by atoms with Gasteiger partial charge in [-0.15, -0.1) is 0 Å². The molecule has 0 aliphatic rings. The van der Waals surface area contributed by atoms with Gasteiger partial charge in [0.2, 0.25) is 5.65 Å². The van der Waals surface area contributed by atoms with Crippen molar-refractivity contribution in [2.24, 2.45) is 0 Å². The third-order valence-electron chi connectivity index (χ3n) is 3.06. The highest BCUT2D eigenvalue weighted by Gasteiger charge is 2.30. The van der Waals surface area contributed by atoms with Crippen LogP contribution in [0.5, 0.6) is 0 Å². The average molecular weight is 308 g/mol. The van der Waals surface area contributed by atoms with E-state index < -0.39 is 16.7 Å². The Morgan fingerprint density at radius 1 is 1.23 bits per heavy atom. The van der Waals surface area contributed by atoms with Crippen LogP contribution in [-0.4, -0.2) is 19.5 Å². The van der Waals surface area contributed by atoms with E-state index in [1.54, 1.807) is 0 Å². The van der Waals surface area contributed by atoms with Crippen molar-refractivity contribution in [2.75, 3.05) is 0 Å². The van der Waals surface area contributed by atoms with Crippen LogP contribution < -0.4 is 0 Å². The van der Waals surface area contributed by atoms with Gasteiger partial charge in [0.05, 0.1) is 16.2 Å². The first kappa shape index (κ1) is 14.0. The Hall–Kier alpha value is -2.97. The van der Waals surface area contributed by atoms with Crippen LogP contribution >= 0.6 is 0 Å². The van der Waals surface area contributed by atoms with Crippen molar-refractivity contribution in [3.8, 4) is 11.3 Å². The van der Waals surface area contributed by atoms with Crippen molar-refractivity contribution in [1.29, 1.82) is 0 Å². The molecule has 0 amide bonds. The van der Waals surface area contributed by atoms with Crippen LogP contribution in [0.25, 0.3) is 16.9 Å². The minimum absolute atomic E-state index is 0.0279. The van der Waals surface area contributed by atoms with Crippen molar-refractivity contribution >= 4 is 11.3 Å². The first-order valence-corrected chi connectivity index (χ1v) is 6.02. The molecule has 0 radical (unpaired) electrons. The summed E-state index contributed by atoms with van der Waals surface area (Å²) in [7, 11) is 0. The molecular weight excluding hydrogens is 301 g/mol. The second kappa shape index (κ2) is 4.79. The molecule has 3 aromatic rings. The van der Waals surface area contributed by atoms with Crippen LogP contribution in [0.4, 0.5) is 18.9 Å². The summed E-state index contributed by atoms with van der Waals surface area (Å²) in [5.74, 6) is 0. The third-order valence-corrected chi connectivity index (χ3v) is 3.06. The maximum Gasteiger partial charge on any atom is 0.416 e. The zero-order chi connectivity index (χ0) is 15.9. The van der Waals surface area contributed by atoms with Gasteiger partial charge in [-0.1, -0.05) is 12.1 Å². The van der Waals surface area contributed by atoms with Crippen molar-refractivity contribution in [3.05, 3.63) is 58.4 Å². The van der Waals surface area contributed by atoms with Crippen LogP contribution in [0.2, 0.25) is 0 Å². The number of aromatic nitrogens is 3. The molecule has 6 nitrogen and oxygen atoms in total. The first-order valence-electron chi connectivity index (χ1n) is 6.02. The molecule has 3 rings (SSSR count). The molecule has 112 valence electrons.